The van der Waals surface area contributed by atoms with E-state index in [9.17, 15) is 0 Å². The summed E-state index contributed by atoms with van der Waals surface area (Å²) in [5.41, 5.74) is 7.05. The first kappa shape index (κ1) is 10.5. The molecule has 1 rings (SSSR count). The zero-order valence-electron chi connectivity index (χ0n) is 8.20. The number of anilines is 1. The molecule has 0 saturated heterocycles. The Morgan fingerprint density at radius 2 is 2.50 bits per heavy atom. The van der Waals surface area contributed by atoms with E-state index < -0.39 is 0 Å². The van der Waals surface area contributed by atoms with Gasteiger partial charge in [0.15, 0.2) is 0 Å². The Kier molecular flexibility index (Phi) is 3.89. The van der Waals surface area contributed by atoms with Crippen molar-refractivity contribution in [3.8, 4) is 6.07 Å². The van der Waals surface area contributed by atoms with Crippen molar-refractivity contribution in [3.63, 3.8) is 0 Å². The molecule has 14 heavy (non-hydrogen) atoms. The van der Waals surface area contributed by atoms with Crippen molar-refractivity contribution in [2.75, 3.05) is 11.9 Å². The lowest BCUT2D eigenvalue weighted by Crippen LogP contribution is -2.28. The minimum atomic E-state index is 0.147. The van der Waals surface area contributed by atoms with E-state index in [1.807, 2.05) is 19.1 Å². The third kappa shape index (κ3) is 3.04. The van der Waals surface area contributed by atoms with E-state index in [1.165, 1.54) is 0 Å². The largest absolute Gasteiger partial charge is 0.383 e. The highest BCUT2D eigenvalue weighted by Gasteiger charge is 1.99. The fraction of sp³-hybridized carbons (Fsp3) is 0.400. The molecule has 0 fully saturated rings. The highest BCUT2D eigenvalue weighted by atomic mass is 14.9. The second-order valence-electron chi connectivity index (χ2n) is 3.09. The summed E-state index contributed by atoms with van der Waals surface area (Å²) in [7, 11) is 0. The standard InChI is InChI=1S/C10H14N4/c1-2-8(12)7-14-9-3-4-13-10(5-9)6-11/h3-5,8H,2,7,12H2,1H3,(H,13,14). The van der Waals surface area contributed by atoms with Crippen LogP contribution in [0.3, 0.4) is 0 Å². The number of nitrogens with zero attached hydrogens (tertiary/aromatic N) is 2. The summed E-state index contributed by atoms with van der Waals surface area (Å²) < 4.78 is 0. The Labute approximate surface area is 83.8 Å². The lowest BCUT2D eigenvalue weighted by molar-refractivity contribution is 0.679. The Bertz CT molecular complexity index is 329. The molecule has 0 bridgehead atoms. The van der Waals surface area contributed by atoms with Crippen LogP contribution in [-0.4, -0.2) is 17.6 Å². The highest BCUT2D eigenvalue weighted by Crippen LogP contribution is 2.06. The average Bonchev–Trinajstić information content (AvgIpc) is 2.26. The lowest BCUT2D eigenvalue weighted by atomic mass is 10.2. The molecular formula is C10H14N4. The van der Waals surface area contributed by atoms with Crippen LogP contribution in [0.4, 0.5) is 5.69 Å². The monoisotopic (exact) mass is 190 g/mol. The summed E-state index contributed by atoms with van der Waals surface area (Å²) in [6.45, 7) is 2.75. The first-order valence-corrected chi connectivity index (χ1v) is 4.62. The molecule has 74 valence electrons. The Balaban J connectivity index is 2.55. The van der Waals surface area contributed by atoms with Gasteiger partial charge in [-0.05, 0) is 18.6 Å². The van der Waals surface area contributed by atoms with Crippen molar-refractivity contribution in [3.05, 3.63) is 24.0 Å². The zero-order valence-corrected chi connectivity index (χ0v) is 8.20. The van der Waals surface area contributed by atoms with Crippen LogP contribution in [0, 0.1) is 11.3 Å². The summed E-state index contributed by atoms with van der Waals surface area (Å²) in [5.74, 6) is 0. The molecule has 4 heteroatoms. The first-order valence-electron chi connectivity index (χ1n) is 4.62. The molecule has 4 nitrogen and oxygen atoms in total. The lowest BCUT2D eigenvalue weighted by Gasteiger charge is -2.10. The van der Waals surface area contributed by atoms with Gasteiger partial charge in [-0.1, -0.05) is 6.92 Å². The van der Waals surface area contributed by atoms with Gasteiger partial charge in [0.05, 0.1) is 0 Å². The van der Waals surface area contributed by atoms with Crippen LogP contribution in [0.25, 0.3) is 0 Å². The van der Waals surface area contributed by atoms with Crippen molar-refractivity contribution in [2.24, 2.45) is 5.73 Å². The van der Waals surface area contributed by atoms with Gasteiger partial charge in [-0.2, -0.15) is 5.26 Å². The fourth-order valence-electron chi connectivity index (χ4n) is 0.995. The molecule has 1 aromatic heterocycles. The number of hydrogen-bond acceptors (Lipinski definition) is 4. The van der Waals surface area contributed by atoms with Crippen LogP contribution >= 0.6 is 0 Å². The van der Waals surface area contributed by atoms with Crippen molar-refractivity contribution < 1.29 is 0 Å². The van der Waals surface area contributed by atoms with E-state index in [4.69, 9.17) is 11.0 Å². The predicted molar refractivity (Wildman–Crippen MR) is 55.7 cm³/mol. The SMILES string of the molecule is CCC(N)CNc1ccnc(C#N)c1. The van der Waals surface area contributed by atoms with Gasteiger partial charge in [-0.15, -0.1) is 0 Å². The van der Waals surface area contributed by atoms with Crippen molar-refractivity contribution in [1.29, 1.82) is 5.26 Å². The van der Waals surface area contributed by atoms with Gasteiger partial charge in [0.2, 0.25) is 0 Å². The fourth-order valence-corrected chi connectivity index (χ4v) is 0.995. The van der Waals surface area contributed by atoms with Gasteiger partial charge < -0.3 is 11.1 Å². The van der Waals surface area contributed by atoms with Crippen LogP contribution in [0.1, 0.15) is 19.0 Å². The van der Waals surface area contributed by atoms with Crippen LogP contribution in [0.5, 0.6) is 0 Å². The van der Waals surface area contributed by atoms with Crippen LogP contribution in [0.15, 0.2) is 18.3 Å². The highest BCUT2D eigenvalue weighted by molar-refractivity contribution is 5.45. The Hall–Kier alpha value is -1.60. The summed E-state index contributed by atoms with van der Waals surface area (Å²) in [6.07, 6.45) is 2.54. The number of pyridine rings is 1. The summed E-state index contributed by atoms with van der Waals surface area (Å²) in [4.78, 5) is 3.87. The van der Waals surface area contributed by atoms with Crippen LogP contribution in [0.2, 0.25) is 0 Å². The van der Waals surface area contributed by atoms with Gasteiger partial charge in [0, 0.05) is 24.5 Å². The van der Waals surface area contributed by atoms with Crippen molar-refractivity contribution >= 4 is 5.69 Å². The smallest absolute Gasteiger partial charge is 0.142 e. The summed E-state index contributed by atoms with van der Waals surface area (Å²) in [5, 5.41) is 11.8. The quantitative estimate of drug-likeness (QED) is 0.745. The predicted octanol–water partition coefficient (Wildman–Crippen LogP) is 1.10. The molecule has 1 heterocycles. The zero-order chi connectivity index (χ0) is 10.4. The molecule has 0 radical (unpaired) electrons. The number of nitrogens with two attached hydrogens (primary N) is 1. The summed E-state index contributed by atoms with van der Waals surface area (Å²) >= 11 is 0. The molecule has 0 spiro atoms. The molecule has 1 unspecified atom stereocenters. The molecule has 0 aliphatic rings. The van der Waals surface area contributed by atoms with Crippen LogP contribution < -0.4 is 11.1 Å². The Morgan fingerprint density at radius 3 is 3.14 bits per heavy atom. The van der Waals surface area contributed by atoms with Crippen molar-refractivity contribution in [1.82, 2.24) is 4.98 Å². The molecule has 1 atom stereocenters. The topological polar surface area (TPSA) is 74.7 Å². The van der Waals surface area contributed by atoms with Gasteiger partial charge in [0.1, 0.15) is 11.8 Å². The van der Waals surface area contributed by atoms with Gasteiger partial charge in [0.25, 0.3) is 0 Å². The third-order valence-corrected chi connectivity index (χ3v) is 1.97. The maximum Gasteiger partial charge on any atom is 0.142 e. The second kappa shape index (κ2) is 5.20. The van der Waals surface area contributed by atoms with E-state index in [0.717, 1.165) is 12.1 Å². The molecule has 0 aromatic carbocycles. The summed E-state index contributed by atoms with van der Waals surface area (Å²) in [6, 6.07) is 5.67. The third-order valence-electron chi connectivity index (χ3n) is 1.97. The molecule has 0 aliphatic carbocycles. The number of rotatable bonds is 4. The molecule has 0 saturated carbocycles. The molecule has 0 amide bonds. The maximum atomic E-state index is 8.62. The van der Waals surface area contributed by atoms with Gasteiger partial charge in [-0.3, -0.25) is 0 Å². The Morgan fingerprint density at radius 1 is 1.71 bits per heavy atom. The second-order valence-corrected chi connectivity index (χ2v) is 3.09. The van der Waals surface area contributed by atoms with Crippen molar-refractivity contribution in [2.45, 2.75) is 19.4 Å². The van der Waals surface area contributed by atoms with E-state index in [2.05, 4.69) is 10.3 Å². The number of hydrogen-bond donors (Lipinski definition) is 2. The number of nitriles is 1. The van der Waals surface area contributed by atoms with E-state index in [0.29, 0.717) is 12.2 Å². The minimum absolute atomic E-state index is 0.147. The van der Waals surface area contributed by atoms with E-state index >= 15 is 0 Å². The normalized spacial score (nSPS) is 11.8. The molecule has 0 aliphatic heterocycles. The minimum Gasteiger partial charge on any atom is -0.383 e. The van der Waals surface area contributed by atoms with Gasteiger partial charge >= 0.3 is 0 Å². The molecule has 1 aromatic rings. The van der Waals surface area contributed by atoms with Crippen LogP contribution in [-0.2, 0) is 0 Å². The number of nitrogens with one attached hydrogen (secondary N) is 1. The average molecular weight is 190 g/mol. The molecular weight excluding hydrogens is 176 g/mol. The maximum absolute atomic E-state index is 8.62. The van der Waals surface area contributed by atoms with Gasteiger partial charge in [-0.25, -0.2) is 4.98 Å². The molecule has 3 N–H and O–H groups in total. The van der Waals surface area contributed by atoms with E-state index in [-0.39, 0.29) is 6.04 Å². The first-order chi connectivity index (χ1) is 6.76. The van der Waals surface area contributed by atoms with E-state index in [1.54, 1.807) is 12.3 Å². The number of aromatic nitrogens is 1.